The summed E-state index contributed by atoms with van der Waals surface area (Å²) in [4.78, 5) is 14.2. The van der Waals surface area contributed by atoms with Crippen LogP contribution in [-0.2, 0) is 6.61 Å². The molecule has 0 spiro atoms. The van der Waals surface area contributed by atoms with Crippen LogP contribution in [0, 0.1) is 10.1 Å². The SMILES string of the molecule is O=[N+]([O-])c1cccc(COc2ccc(Cl)nc2)c1Br. The maximum absolute atomic E-state index is 10.8. The van der Waals surface area contributed by atoms with Gasteiger partial charge in [-0.25, -0.2) is 4.98 Å². The highest BCUT2D eigenvalue weighted by Crippen LogP contribution is 2.29. The van der Waals surface area contributed by atoms with Gasteiger partial charge in [0, 0.05) is 11.6 Å². The van der Waals surface area contributed by atoms with Crippen LogP contribution in [0.1, 0.15) is 5.56 Å². The fourth-order valence-corrected chi connectivity index (χ4v) is 2.06. The summed E-state index contributed by atoms with van der Waals surface area (Å²) in [7, 11) is 0. The Morgan fingerprint density at radius 2 is 2.16 bits per heavy atom. The van der Waals surface area contributed by atoms with Crippen LogP contribution in [0.5, 0.6) is 5.75 Å². The van der Waals surface area contributed by atoms with E-state index in [1.165, 1.54) is 12.3 Å². The quantitative estimate of drug-likeness (QED) is 0.478. The zero-order valence-electron chi connectivity index (χ0n) is 9.55. The number of hydrogen-bond donors (Lipinski definition) is 0. The first kappa shape index (κ1) is 13.8. The van der Waals surface area contributed by atoms with Crippen LogP contribution in [0.4, 0.5) is 5.69 Å². The number of nitro benzene ring substituents is 1. The molecule has 98 valence electrons. The van der Waals surface area contributed by atoms with Gasteiger partial charge in [-0.15, -0.1) is 0 Å². The first-order chi connectivity index (χ1) is 9.08. The molecule has 2 aromatic rings. The molecule has 0 N–H and O–H groups in total. The lowest BCUT2D eigenvalue weighted by atomic mass is 10.2. The van der Waals surface area contributed by atoms with E-state index in [0.717, 1.165) is 0 Å². The molecule has 0 bridgehead atoms. The molecular weight excluding hydrogens is 336 g/mol. The first-order valence-corrected chi connectivity index (χ1v) is 6.41. The number of hydrogen-bond acceptors (Lipinski definition) is 4. The molecule has 5 nitrogen and oxygen atoms in total. The van der Waals surface area contributed by atoms with Crippen LogP contribution < -0.4 is 4.74 Å². The average molecular weight is 344 g/mol. The Balaban J connectivity index is 2.13. The predicted octanol–water partition coefficient (Wildman–Crippen LogP) is 3.98. The van der Waals surface area contributed by atoms with Gasteiger partial charge in [0.25, 0.3) is 5.69 Å². The van der Waals surface area contributed by atoms with Crippen LogP contribution in [0.3, 0.4) is 0 Å². The van der Waals surface area contributed by atoms with Gasteiger partial charge in [-0.2, -0.15) is 0 Å². The van der Waals surface area contributed by atoms with Crippen LogP contribution in [0.25, 0.3) is 0 Å². The van der Waals surface area contributed by atoms with Crippen LogP contribution >= 0.6 is 27.5 Å². The van der Waals surface area contributed by atoms with E-state index in [-0.39, 0.29) is 12.3 Å². The highest BCUT2D eigenvalue weighted by molar-refractivity contribution is 9.10. The van der Waals surface area contributed by atoms with Crippen molar-refractivity contribution >= 4 is 33.2 Å². The van der Waals surface area contributed by atoms with Gasteiger partial charge >= 0.3 is 0 Å². The van der Waals surface area contributed by atoms with Gasteiger partial charge in [-0.1, -0.05) is 23.7 Å². The molecule has 1 heterocycles. The Morgan fingerprint density at radius 3 is 2.79 bits per heavy atom. The van der Waals surface area contributed by atoms with E-state index in [1.54, 1.807) is 24.3 Å². The number of nitro groups is 1. The normalized spacial score (nSPS) is 10.2. The van der Waals surface area contributed by atoms with Gasteiger partial charge in [-0.3, -0.25) is 10.1 Å². The van der Waals surface area contributed by atoms with Crippen molar-refractivity contribution in [2.45, 2.75) is 6.61 Å². The summed E-state index contributed by atoms with van der Waals surface area (Å²) >= 11 is 8.87. The van der Waals surface area contributed by atoms with Crippen molar-refractivity contribution in [3.63, 3.8) is 0 Å². The maximum atomic E-state index is 10.8. The summed E-state index contributed by atoms with van der Waals surface area (Å²) in [6.45, 7) is 0.200. The molecule has 1 aromatic heterocycles. The molecule has 0 aliphatic carbocycles. The molecule has 0 aliphatic rings. The highest BCUT2D eigenvalue weighted by Gasteiger charge is 2.14. The number of aromatic nitrogens is 1. The summed E-state index contributed by atoms with van der Waals surface area (Å²) in [5, 5.41) is 11.2. The number of ether oxygens (including phenoxy) is 1. The fraction of sp³-hybridized carbons (Fsp3) is 0.0833. The molecule has 1 aromatic carbocycles. The summed E-state index contributed by atoms with van der Waals surface area (Å²) in [6, 6.07) is 8.08. The lowest BCUT2D eigenvalue weighted by Crippen LogP contribution is -1.99. The van der Waals surface area contributed by atoms with Gasteiger partial charge in [0.05, 0.1) is 11.1 Å². The zero-order chi connectivity index (χ0) is 13.8. The third kappa shape index (κ3) is 3.42. The topological polar surface area (TPSA) is 65.3 Å². The van der Waals surface area contributed by atoms with Gasteiger partial charge in [0.1, 0.15) is 22.0 Å². The molecule has 0 radical (unpaired) electrons. The van der Waals surface area contributed by atoms with Crippen molar-refractivity contribution in [2.75, 3.05) is 0 Å². The summed E-state index contributed by atoms with van der Waals surface area (Å²) in [5.41, 5.74) is 0.694. The number of halogens is 2. The van der Waals surface area contributed by atoms with E-state index in [1.807, 2.05) is 0 Å². The molecular formula is C12H8BrClN2O3. The van der Waals surface area contributed by atoms with E-state index >= 15 is 0 Å². The molecule has 0 fully saturated rings. The molecule has 0 atom stereocenters. The molecule has 2 rings (SSSR count). The van der Waals surface area contributed by atoms with Gasteiger partial charge in [0.2, 0.25) is 0 Å². The number of benzene rings is 1. The smallest absolute Gasteiger partial charge is 0.283 e. The molecule has 19 heavy (non-hydrogen) atoms. The van der Waals surface area contributed by atoms with Crippen molar-refractivity contribution in [1.29, 1.82) is 0 Å². The van der Waals surface area contributed by atoms with Crippen molar-refractivity contribution in [3.8, 4) is 5.75 Å². The second-order valence-corrected chi connectivity index (χ2v) is 4.79. The molecule has 0 saturated heterocycles. The Hall–Kier alpha value is -1.66. The Morgan fingerprint density at radius 1 is 1.37 bits per heavy atom. The molecule has 7 heteroatoms. The standard InChI is InChI=1S/C12H8BrClN2O3/c13-12-8(2-1-3-10(12)16(17)18)7-19-9-4-5-11(14)15-6-9/h1-6H,7H2. The monoisotopic (exact) mass is 342 g/mol. The summed E-state index contributed by atoms with van der Waals surface area (Å²) in [5.74, 6) is 0.544. The van der Waals surface area contributed by atoms with Gasteiger partial charge < -0.3 is 4.74 Å². The van der Waals surface area contributed by atoms with Crippen LogP contribution in [-0.4, -0.2) is 9.91 Å². The third-order valence-electron chi connectivity index (χ3n) is 2.35. The average Bonchev–Trinajstić information content (AvgIpc) is 2.39. The first-order valence-electron chi connectivity index (χ1n) is 5.24. The minimum absolute atomic E-state index is 0.00957. The minimum atomic E-state index is -0.447. The Labute approximate surface area is 122 Å². The van der Waals surface area contributed by atoms with E-state index in [2.05, 4.69) is 20.9 Å². The van der Waals surface area contributed by atoms with E-state index in [0.29, 0.717) is 20.9 Å². The Bertz CT molecular complexity index is 604. The lowest BCUT2D eigenvalue weighted by molar-refractivity contribution is -0.385. The molecule has 0 amide bonds. The van der Waals surface area contributed by atoms with Crippen molar-refractivity contribution in [3.05, 3.63) is 61.8 Å². The number of nitrogens with zero attached hydrogens (tertiary/aromatic N) is 2. The van der Waals surface area contributed by atoms with E-state index in [9.17, 15) is 10.1 Å². The molecule has 0 aliphatic heterocycles. The van der Waals surface area contributed by atoms with E-state index < -0.39 is 4.92 Å². The molecule has 0 unspecified atom stereocenters. The zero-order valence-corrected chi connectivity index (χ0v) is 11.9. The Kier molecular flexibility index (Phi) is 4.34. The molecule has 0 saturated carbocycles. The maximum Gasteiger partial charge on any atom is 0.283 e. The largest absolute Gasteiger partial charge is 0.487 e. The van der Waals surface area contributed by atoms with Crippen molar-refractivity contribution in [1.82, 2.24) is 4.98 Å². The predicted molar refractivity (Wildman–Crippen MR) is 74.4 cm³/mol. The second-order valence-electron chi connectivity index (χ2n) is 3.61. The second kappa shape index (κ2) is 5.99. The minimum Gasteiger partial charge on any atom is -0.487 e. The third-order valence-corrected chi connectivity index (χ3v) is 3.49. The van der Waals surface area contributed by atoms with Gasteiger partial charge in [-0.05, 0) is 28.1 Å². The van der Waals surface area contributed by atoms with Crippen LogP contribution in [0.15, 0.2) is 41.0 Å². The summed E-state index contributed by atoms with van der Waals surface area (Å²) in [6.07, 6.45) is 1.49. The number of rotatable bonds is 4. The van der Waals surface area contributed by atoms with Crippen molar-refractivity contribution < 1.29 is 9.66 Å². The van der Waals surface area contributed by atoms with Crippen LogP contribution in [0.2, 0.25) is 5.15 Å². The van der Waals surface area contributed by atoms with Crippen molar-refractivity contribution in [2.24, 2.45) is 0 Å². The van der Waals surface area contributed by atoms with E-state index in [4.69, 9.17) is 16.3 Å². The van der Waals surface area contributed by atoms with Gasteiger partial charge in [0.15, 0.2) is 0 Å². The summed E-state index contributed by atoms with van der Waals surface area (Å²) < 4.78 is 5.91. The fourth-order valence-electron chi connectivity index (χ4n) is 1.43. The highest BCUT2D eigenvalue weighted by atomic mass is 79.9. The lowest BCUT2D eigenvalue weighted by Gasteiger charge is -2.07. The number of pyridine rings is 1.